The second kappa shape index (κ2) is 9.42. The number of sulfonamides is 1. The average molecular weight is 356 g/mol. The topological polar surface area (TPSA) is 55.4 Å². The fourth-order valence-electron chi connectivity index (χ4n) is 2.84. The summed E-state index contributed by atoms with van der Waals surface area (Å²) in [5.41, 5.74) is 1.63. The summed E-state index contributed by atoms with van der Waals surface area (Å²) < 4.78 is 33.8. The molecule has 1 aromatic rings. The molecule has 0 saturated heterocycles. The summed E-state index contributed by atoms with van der Waals surface area (Å²) in [6, 6.07) is 3.58. The van der Waals surface area contributed by atoms with Crippen molar-refractivity contribution in [2.75, 3.05) is 13.7 Å². The molecule has 1 atom stereocenters. The molecule has 0 radical (unpaired) electrons. The Morgan fingerprint density at radius 1 is 1.21 bits per heavy atom. The Kier molecular flexibility index (Phi) is 8.23. The molecular weight excluding hydrogens is 322 g/mol. The van der Waals surface area contributed by atoms with E-state index in [2.05, 4.69) is 18.6 Å². The van der Waals surface area contributed by atoms with Crippen LogP contribution >= 0.6 is 0 Å². The van der Waals surface area contributed by atoms with Gasteiger partial charge in [0.2, 0.25) is 10.0 Å². The quantitative estimate of drug-likeness (QED) is 0.666. The standard InChI is InChI=1S/C19H33NO3S/c1-7-9-10-16(8-2)13-20-24(21,22)19-12-17(14(3)4)18(23-6)11-15(19)5/h11-12,14,16,20H,7-10,13H2,1-6H3/t16-/m1/s1. The molecule has 0 spiro atoms. The first-order valence-electron chi connectivity index (χ1n) is 8.94. The van der Waals surface area contributed by atoms with Crippen molar-refractivity contribution in [3.05, 3.63) is 23.3 Å². The molecule has 4 nitrogen and oxygen atoms in total. The molecule has 0 fully saturated rings. The molecule has 1 aromatic carbocycles. The van der Waals surface area contributed by atoms with Crippen LogP contribution in [0.4, 0.5) is 0 Å². The van der Waals surface area contributed by atoms with Gasteiger partial charge in [-0.05, 0) is 48.4 Å². The van der Waals surface area contributed by atoms with Gasteiger partial charge >= 0.3 is 0 Å². The number of hydrogen-bond acceptors (Lipinski definition) is 3. The Bertz CT molecular complexity index is 624. The Labute approximate surface area is 148 Å². The predicted molar refractivity (Wildman–Crippen MR) is 100 cm³/mol. The summed E-state index contributed by atoms with van der Waals surface area (Å²) in [5.74, 6) is 1.33. The molecule has 0 aliphatic rings. The van der Waals surface area contributed by atoms with Crippen LogP contribution in [0.15, 0.2) is 17.0 Å². The van der Waals surface area contributed by atoms with Gasteiger partial charge in [-0.1, -0.05) is 47.0 Å². The third-order valence-electron chi connectivity index (χ3n) is 4.54. The lowest BCUT2D eigenvalue weighted by Gasteiger charge is -2.19. The lowest BCUT2D eigenvalue weighted by molar-refractivity contribution is 0.406. The maximum Gasteiger partial charge on any atom is 0.240 e. The molecule has 1 rings (SSSR count). The van der Waals surface area contributed by atoms with E-state index in [1.54, 1.807) is 13.2 Å². The SMILES string of the molecule is CCCC[C@@H](CC)CNS(=O)(=O)c1cc(C(C)C)c(OC)cc1C. The number of hydrogen-bond donors (Lipinski definition) is 1. The van der Waals surface area contributed by atoms with Crippen molar-refractivity contribution in [2.45, 2.75) is 71.1 Å². The van der Waals surface area contributed by atoms with Crippen molar-refractivity contribution in [3.63, 3.8) is 0 Å². The third kappa shape index (κ3) is 5.49. The molecule has 5 heteroatoms. The van der Waals surface area contributed by atoms with Gasteiger partial charge in [0.15, 0.2) is 0 Å². The van der Waals surface area contributed by atoms with Gasteiger partial charge in [0.05, 0.1) is 12.0 Å². The molecule has 1 N–H and O–H groups in total. The molecule has 0 aliphatic heterocycles. The Morgan fingerprint density at radius 2 is 1.88 bits per heavy atom. The number of aryl methyl sites for hydroxylation is 1. The smallest absolute Gasteiger partial charge is 0.240 e. The minimum absolute atomic E-state index is 0.197. The highest BCUT2D eigenvalue weighted by molar-refractivity contribution is 7.89. The van der Waals surface area contributed by atoms with E-state index < -0.39 is 10.0 Å². The minimum Gasteiger partial charge on any atom is -0.496 e. The Balaban J connectivity index is 3.03. The second-order valence-corrected chi connectivity index (χ2v) is 8.52. The molecule has 138 valence electrons. The number of benzene rings is 1. The summed E-state index contributed by atoms with van der Waals surface area (Å²) in [4.78, 5) is 0.359. The molecule has 0 unspecified atom stereocenters. The van der Waals surface area contributed by atoms with E-state index in [1.807, 2.05) is 26.8 Å². The number of ether oxygens (including phenoxy) is 1. The minimum atomic E-state index is -3.51. The first-order chi connectivity index (χ1) is 11.3. The highest BCUT2D eigenvalue weighted by Crippen LogP contribution is 2.31. The summed E-state index contributed by atoms with van der Waals surface area (Å²) in [5, 5.41) is 0. The number of nitrogens with one attached hydrogen (secondary N) is 1. The fraction of sp³-hybridized carbons (Fsp3) is 0.684. The van der Waals surface area contributed by atoms with Crippen molar-refractivity contribution >= 4 is 10.0 Å². The average Bonchev–Trinajstić information content (AvgIpc) is 2.54. The summed E-state index contributed by atoms with van der Waals surface area (Å²) >= 11 is 0. The van der Waals surface area contributed by atoms with Gasteiger partial charge in [-0.3, -0.25) is 0 Å². The zero-order valence-electron chi connectivity index (χ0n) is 16.0. The van der Waals surface area contributed by atoms with E-state index in [9.17, 15) is 8.42 Å². The van der Waals surface area contributed by atoms with Gasteiger partial charge in [0.25, 0.3) is 0 Å². The zero-order chi connectivity index (χ0) is 18.3. The summed E-state index contributed by atoms with van der Waals surface area (Å²) in [7, 11) is -1.89. The highest BCUT2D eigenvalue weighted by atomic mass is 32.2. The molecule has 24 heavy (non-hydrogen) atoms. The van der Waals surface area contributed by atoms with Crippen LogP contribution < -0.4 is 9.46 Å². The van der Waals surface area contributed by atoms with Crippen molar-refractivity contribution in [2.24, 2.45) is 5.92 Å². The zero-order valence-corrected chi connectivity index (χ0v) is 16.8. The molecule has 0 aliphatic carbocycles. The molecule has 0 heterocycles. The van der Waals surface area contributed by atoms with Gasteiger partial charge in [-0.2, -0.15) is 0 Å². The van der Waals surface area contributed by atoms with Crippen molar-refractivity contribution in [3.8, 4) is 5.75 Å². The van der Waals surface area contributed by atoms with Gasteiger partial charge < -0.3 is 4.74 Å². The maximum absolute atomic E-state index is 12.8. The monoisotopic (exact) mass is 355 g/mol. The maximum atomic E-state index is 12.8. The van der Waals surface area contributed by atoms with Crippen LogP contribution in [0.5, 0.6) is 5.75 Å². The third-order valence-corrected chi connectivity index (χ3v) is 6.11. The second-order valence-electron chi connectivity index (χ2n) is 6.78. The largest absolute Gasteiger partial charge is 0.496 e. The fourth-order valence-corrected chi connectivity index (χ4v) is 4.22. The molecule has 0 amide bonds. The summed E-state index contributed by atoms with van der Waals surface area (Å²) in [6.07, 6.45) is 4.33. The Hall–Kier alpha value is -1.07. The van der Waals surface area contributed by atoms with Crippen LogP contribution in [0.3, 0.4) is 0 Å². The van der Waals surface area contributed by atoms with E-state index in [0.717, 1.165) is 37.0 Å². The molecule has 0 aromatic heterocycles. The van der Waals surface area contributed by atoms with Crippen LogP contribution in [0.25, 0.3) is 0 Å². The molecular formula is C19H33NO3S. The van der Waals surface area contributed by atoms with Gasteiger partial charge in [-0.15, -0.1) is 0 Å². The number of methoxy groups -OCH3 is 1. The van der Waals surface area contributed by atoms with E-state index in [0.29, 0.717) is 22.9 Å². The predicted octanol–water partition coefficient (Wildman–Crippen LogP) is 4.62. The normalized spacial score (nSPS) is 13.3. The first kappa shape index (κ1) is 21.0. The Morgan fingerprint density at radius 3 is 2.38 bits per heavy atom. The number of unbranched alkanes of at least 4 members (excludes halogenated alkanes) is 1. The molecule has 0 saturated carbocycles. The lowest BCUT2D eigenvalue weighted by Crippen LogP contribution is -2.30. The highest BCUT2D eigenvalue weighted by Gasteiger charge is 2.21. The van der Waals surface area contributed by atoms with Gasteiger partial charge in [-0.25, -0.2) is 13.1 Å². The van der Waals surface area contributed by atoms with E-state index >= 15 is 0 Å². The van der Waals surface area contributed by atoms with Crippen LogP contribution in [0, 0.1) is 12.8 Å². The van der Waals surface area contributed by atoms with Crippen LogP contribution in [0.1, 0.15) is 70.4 Å². The van der Waals surface area contributed by atoms with Crippen molar-refractivity contribution in [1.29, 1.82) is 0 Å². The summed E-state index contributed by atoms with van der Waals surface area (Å²) in [6.45, 7) is 10.7. The van der Waals surface area contributed by atoms with Gasteiger partial charge in [0, 0.05) is 6.54 Å². The molecule has 0 bridgehead atoms. The lowest BCUT2D eigenvalue weighted by atomic mass is 10.00. The van der Waals surface area contributed by atoms with E-state index in [4.69, 9.17) is 4.74 Å². The van der Waals surface area contributed by atoms with Gasteiger partial charge in [0.1, 0.15) is 5.75 Å². The van der Waals surface area contributed by atoms with Crippen LogP contribution in [-0.2, 0) is 10.0 Å². The van der Waals surface area contributed by atoms with Crippen LogP contribution in [-0.4, -0.2) is 22.1 Å². The van der Waals surface area contributed by atoms with Crippen molar-refractivity contribution in [1.82, 2.24) is 4.72 Å². The van der Waals surface area contributed by atoms with E-state index in [-0.39, 0.29) is 5.92 Å². The first-order valence-corrected chi connectivity index (χ1v) is 10.4. The van der Waals surface area contributed by atoms with Crippen molar-refractivity contribution < 1.29 is 13.2 Å². The number of rotatable bonds is 10. The van der Waals surface area contributed by atoms with E-state index in [1.165, 1.54) is 0 Å². The van der Waals surface area contributed by atoms with Crippen LogP contribution in [0.2, 0.25) is 0 Å².